The predicted octanol–water partition coefficient (Wildman–Crippen LogP) is 2.42. The second kappa shape index (κ2) is 6.99. The highest BCUT2D eigenvalue weighted by atomic mass is 32.2. The topological polar surface area (TPSA) is 87.4 Å². The average molecular weight is 369 g/mol. The van der Waals surface area contributed by atoms with Crippen molar-refractivity contribution in [1.82, 2.24) is 18.8 Å². The molecule has 2 heterocycles. The first-order chi connectivity index (χ1) is 12.3. The van der Waals surface area contributed by atoms with Crippen molar-refractivity contribution in [2.45, 2.75) is 5.16 Å². The molecule has 2 N–H and O–H groups in total. The van der Waals surface area contributed by atoms with Gasteiger partial charge in [0.1, 0.15) is 11.0 Å². The zero-order chi connectivity index (χ0) is 17.1. The molecule has 0 fully saturated rings. The Morgan fingerprint density at radius 1 is 1.16 bits per heavy atom. The number of fused-ring (bicyclic) bond motifs is 1. The molecule has 0 atom stereocenters. The summed E-state index contributed by atoms with van der Waals surface area (Å²) in [6, 6.07) is 15.3. The van der Waals surface area contributed by atoms with Crippen LogP contribution in [-0.4, -0.2) is 30.5 Å². The van der Waals surface area contributed by atoms with Gasteiger partial charge in [0.25, 0.3) is 0 Å². The lowest BCUT2D eigenvalue weighted by Gasteiger charge is -2.04. The lowest BCUT2D eigenvalue weighted by Crippen LogP contribution is -2.35. The number of H-pyrrole nitrogens is 1. The minimum absolute atomic E-state index is 0.117. The van der Waals surface area contributed by atoms with Gasteiger partial charge in [-0.2, -0.15) is 13.8 Å². The molecule has 0 radical (unpaired) electrons. The minimum Gasteiger partial charge on any atom is -0.323 e. The van der Waals surface area contributed by atoms with E-state index in [1.165, 1.54) is 11.8 Å². The number of benzene rings is 2. The van der Waals surface area contributed by atoms with Crippen molar-refractivity contribution >= 4 is 46.1 Å². The number of anilines is 1. The van der Waals surface area contributed by atoms with Crippen LogP contribution in [0.2, 0.25) is 0 Å². The van der Waals surface area contributed by atoms with Crippen molar-refractivity contribution < 1.29 is 9.48 Å². The van der Waals surface area contributed by atoms with Crippen LogP contribution < -0.4 is 10.00 Å². The number of hydrogen-bond acceptors (Lipinski definition) is 6. The number of carbonyl (C=O) groups is 1. The van der Waals surface area contributed by atoms with Crippen LogP contribution in [0.4, 0.5) is 5.69 Å². The molecule has 0 unspecified atom stereocenters. The molecule has 124 valence electrons. The van der Waals surface area contributed by atoms with Crippen molar-refractivity contribution in [1.29, 1.82) is 0 Å². The molecule has 2 aromatic heterocycles. The van der Waals surface area contributed by atoms with Gasteiger partial charge in [-0.25, -0.2) is 0 Å². The zero-order valence-electron chi connectivity index (χ0n) is 12.9. The number of carbonyl (C=O) groups excluding carboxylic acids is 1. The molecule has 7 nitrogen and oxygen atoms in total. The van der Waals surface area contributed by atoms with Crippen LogP contribution in [0.15, 0.2) is 60.0 Å². The summed E-state index contributed by atoms with van der Waals surface area (Å²) in [5.41, 5.74) is 3.13. The van der Waals surface area contributed by atoms with Crippen LogP contribution in [-0.2, 0) is 4.79 Å². The summed E-state index contributed by atoms with van der Waals surface area (Å²) in [6.45, 7) is 0. The molecule has 0 saturated carbocycles. The van der Waals surface area contributed by atoms with E-state index < -0.39 is 0 Å². The fraction of sp³-hybridized carbons (Fsp3) is 0.0625. The summed E-state index contributed by atoms with van der Waals surface area (Å²) < 4.78 is 10.2. The van der Waals surface area contributed by atoms with E-state index in [0.717, 1.165) is 28.1 Å². The van der Waals surface area contributed by atoms with Crippen molar-refractivity contribution in [2.75, 3.05) is 11.1 Å². The van der Waals surface area contributed by atoms with E-state index in [9.17, 15) is 4.79 Å². The first kappa shape index (κ1) is 15.7. The van der Waals surface area contributed by atoms with Gasteiger partial charge < -0.3 is 5.32 Å². The van der Waals surface area contributed by atoms with Crippen molar-refractivity contribution in [3.8, 4) is 5.69 Å². The summed E-state index contributed by atoms with van der Waals surface area (Å²) in [4.78, 5) is 16.6. The van der Waals surface area contributed by atoms with Gasteiger partial charge in [0.15, 0.2) is 5.69 Å². The van der Waals surface area contributed by atoms with Gasteiger partial charge >= 0.3 is 5.16 Å². The smallest absolute Gasteiger partial charge is 0.323 e. The molecule has 0 aliphatic rings. The van der Waals surface area contributed by atoms with Gasteiger partial charge in [0.2, 0.25) is 12.2 Å². The number of amides is 1. The minimum atomic E-state index is -0.117. The van der Waals surface area contributed by atoms with Gasteiger partial charge in [-0.3, -0.25) is 4.79 Å². The van der Waals surface area contributed by atoms with E-state index in [-0.39, 0.29) is 11.7 Å². The number of rotatable bonds is 5. The number of thioether (sulfide) groups is 1. The summed E-state index contributed by atoms with van der Waals surface area (Å²) in [5.74, 6) is 0.124. The highest BCUT2D eigenvalue weighted by Gasteiger charge is 2.19. The van der Waals surface area contributed by atoms with Gasteiger partial charge in [0, 0.05) is 0 Å². The Hall–Kier alpha value is -2.78. The molecule has 0 aliphatic carbocycles. The maximum absolute atomic E-state index is 12.3. The van der Waals surface area contributed by atoms with E-state index in [1.807, 2.05) is 53.2 Å². The number of aromatic nitrogens is 5. The maximum atomic E-state index is 12.3. The SMILES string of the molecule is O=C(CSc1nc[nH][n+]1-c1ccccc1)Nc1cccc2nsnc12. The van der Waals surface area contributed by atoms with Crippen molar-refractivity contribution in [3.63, 3.8) is 0 Å². The first-order valence-corrected chi connectivity index (χ1v) is 9.17. The second-order valence-electron chi connectivity index (χ2n) is 5.12. The van der Waals surface area contributed by atoms with Gasteiger partial charge in [0.05, 0.1) is 23.2 Å². The molecule has 25 heavy (non-hydrogen) atoms. The number of para-hydroxylation sites is 1. The van der Waals surface area contributed by atoms with Crippen LogP contribution in [0.1, 0.15) is 0 Å². The Morgan fingerprint density at radius 3 is 2.92 bits per heavy atom. The normalized spacial score (nSPS) is 10.9. The Morgan fingerprint density at radius 2 is 2.04 bits per heavy atom. The lowest BCUT2D eigenvalue weighted by atomic mass is 10.2. The van der Waals surface area contributed by atoms with E-state index in [0.29, 0.717) is 11.2 Å². The molecule has 2 aromatic carbocycles. The number of hydrogen-bond donors (Lipinski definition) is 2. The standard InChI is InChI=1S/C16H12N6OS2/c23-14(19-12-7-4-8-13-15(12)21-25-20-13)9-24-16-17-10-18-22(16)11-5-2-1-3-6-11/h1-8,10H,9H2,(H,19,20,23)/p+1. The molecule has 4 rings (SSSR count). The highest BCUT2D eigenvalue weighted by Crippen LogP contribution is 2.21. The number of aromatic amines is 1. The number of nitrogens with one attached hydrogen (secondary N) is 2. The molecule has 1 amide bonds. The van der Waals surface area contributed by atoms with E-state index in [2.05, 4.69) is 24.1 Å². The van der Waals surface area contributed by atoms with Crippen molar-refractivity contribution in [2.24, 2.45) is 0 Å². The Labute approximate surface area is 151 Å². The summed E-state index contributed by atoms with van der Waals surface area (Å²) in [6.07, 6.45) is 1.61. The summed E-state index contributed by atoms with van der Waals surface area (Å²) >= 11 is 2.49. The van der Waals surface area contributed by atoms with Crippen LogP contribution in [0.3, 0.4) is 0 Å². The lowest BCUT2D eigenvalue weighted by molar-refractivity contribution is -0.694. The highest BCUT2D eigenvalue weighted by molar-refractivity contribution is 7.99. The van der Waals surface area contributed by atoms with Crippen molar-refractivity contribution in [3.05, 3.63) is 54.9 Å². The molecule has 0 saturated heterocycles. The van der Waals surface area contributed by atoms with Gasteiger partial charge in [-0.1, -0.05) is 24.3 Å². The molecular formula is C16H13N6OS2+. The van der Waals surface area contributed by atoms with Crippen LogP contribution in [0.25, 0.3) is 16.7 Å². The van der Waals surface area contributed by atoms with Gasteiger partial charge in [-0.05, 0) is 41.0 Å². The quantitative estimate of drug-likeness (QED) is 0.417. The molecule has 9 heteroatoms. The molecule has 4 aromatic rings. The Balaban J connectivity index is 1.45. The third-order valence-electron chi connectivity index (χ3n) is 3.46. The first-order valence-electron chi connectivity index (χ1n) is 7.46. The van der Waals surface area contributed by atoms with Crippen LogP contribution in [0.5, 0.6) is 0 Å². The largest absolute Gasteiger partial charge is 0.385 e. The molecule has 0 bridgehead atoms. The average Bonchev–Trinajstić information content (AvgIpc) is 3.30. The second-order valence-corrected chi connectivity index (χ2v) is 6.59. The monoisotopic (exact) mass is 369 g/mol. The van der Waals surface area contributed by atoms with Crippen LogP contribution in [0, 0.1) is 0 Å². The Bertz CT molecular complexity index is 1010. The van der Waals surface area contributed by atoms with Crippen LogP contribution >= 0.6 is 23.5 Å². The van der Waals surface area contributed by atoms with E-state index in [1.54, 1.807) is 6.33 Å². The fourth-order valence-corrected chi connectivity index (χ4v) is 3.64. The van der Waals surface area contributed by atoms with E-state index >= 15 is 0 Å². The zero-order valence-corrected chi connectivity index (χ0v) is 14.5. The van der Waals surface area contributed by atoms with Gasteiger partial charge in [-0.15, -0.1) is 4.68 Å². The summed E-state index contributed by atoms with van der Waals surface area (Å²) in [7, 11) is 0. The Kier molecular flexibility index (Phi) is 4.40. The third kappa shape index (κ3) is 3.37. The maximum Gasteiger partial charge on any atom is 0.385 e. The predicted molar refractivity (Wildman–Crippen MR) is 96.9 cm³/mol. The number of nitrogens with zero attached hydrogens (tertiary/aromatic N) is 4. The third-order valence-corrected chi connectivity index (χ3v) is 4.96. The summed E-state index contributed by atoms with van der Waals surface area (Å²) in [5, 5.41) is 6.66. The molecule has 0 spiro atoms. The molecular weight excluding hydrogens is 356 g/mol. The molecule has 0 aliphatic heterocycles. The van der Waals surface area contributed by atoms with E-state index in [4.69, 9.17) is 0 Å². The fourth-order valence-electron chi connectivity index (χ4n) is 2.34.